The fourth-order valence-electron chi connectivity index (χ4n) is 2.40. The molecular formula is C12H9NO2. The van der Waals surface area contributed by atoms with Crippen molar-refractivity contribution in [3.05, 3.63) is 47.5 Å². The monoisotopic (exact) mass is 199 g/mol. The molecule has 1 aromatic carbocycles. The lowest BCUT2D eigenvalue weighted by molar-refractivity contribution is -0.114. The second-order valence-corrected chi connectivity index (χ2v) is 3.82. The Morgan fingerprint density at radius 1 is 1.07 bits per heavy atom. The highest BCUT2D eigenvalue weighted by atomic mass is 16.4. The van der Waals surface area contributed by atoms with Gasteiger partial charge < -0.3 is 5.21 Å². The predicted molar refractivity (Wildman–Crippen MR) is 55.3 cm³/mol. The van der Waals surface area contributed by atoms with Crippen LogP contribution in [0.4, 0.5) is 0 Å². The average Bonchev–Trinajstić information content (AvgIpc) is 2.30. The molecule has 3 aliphatic rings. The van der Waals surface area contributed by atoms with Crippen molar-refractivity contribution < 1.29 is 10.0 Å². The first-order chi connectivity index (χ1) is 7.33. The molecule has 1 aromatic rings. The summed E-state index contributed by atoms with van der Waals surface area (Å²) < 4.78 is 0. The molecule has 0 radical (unpaired) electrons. The Bertz CT molecular complexity index is 502. The van der Waals surface area contributed by atoms with Crippen LogP contribution in [-0.2, 0) is 4.79 Å². The van der Waals surface area contributed by atoms with Crippen LogP contribution in [0, 0.1) is 0 Å². The minimum Gasteiger partial charge on any atom is -0.411 e. The fraction of sp³-hybridized carbons (Fsp3) is 0.167. The number of benzene rings is 1. The number of rotatable bonds is 0. The molecule has 0 aromatic heterocycles. The second kappa shape index (κ2) is 2.79. The van der Waals surface area contributed by atoms with E-state index in [1.165, 1.54) is 0 Å². The van der Waals surface area contributed by atoms with Gasteiger partial charge in [0.2, 0.25) is 0 Å². The number of hydrogen-bond acceptors (Lipinski definition) is 3. The summed E-state index contributed by atoms with van der Waals surface area (Å²) in [5.74, 6) is -0.496. The molecule has 0 saturated carbocycles. The minimum atomic E-state index is -0.253. The molecule has 2 atom stereocenters. The Labute approximate surface area is 86.7 Å². The highest BCUT2D eigenvalue weighted by molar-refractivity contribution is 6.46. The Hall–Kier alpha value is -1.90. The minimum absolute atomic E-state index is 0.0799. The van der Waals surface area contributed by atoms with E-state index in [0.717, 1.165) is 11.1 Å². The maximum Gasteiger partial charge on any atom is 0.192 e. The van der Waals surface area contributed by atoms with Gasteiger partial charge in [0.15, 0.2) is 5.78 Å². The largest absolute Gasteiger partial charge is 0.411 e. The molecule has 2 bridgehead atoms. The van der Waals surface area contributed by atoms with Crippen LogP contribution in [0.5, 0.6) is 0 Å². The van der Waals surface area contributed by atoms with E-state index in [4.69, 9.17) is 5.21 Å². The van der Waals surface area contributed by atoms with E-state index in [1.54, 1.807) is 0 Å². The Morgan fingerprint density at radius 2 is 1.67 bits per heavy atom. The molecule has 0 heterocycles. The smallest absolute Gasteiger partial charge is 0.192 e. The Kier molecular flexibility index (Phi) is 1.57. The predicted octanol–water partition coefficient (Wildman–Crippen LogP) is 1.84. The van der Waals surface area contributed by atoms with E-state index in [-0.39, 0.29) is 23.3 Å². The molecule has 0 saturated heterocycles. The second-order valence-electron chi connectivity index (χ2n) is 3.82. The van der Waals surface area contributed by atoms with Crippen LogP contribution in [0.2, 0.25) is 0 Å². The average molecular weight is 199 g/mol. The van der Waals surface area contributed by atoms with Gasteiger partial charge in [-0.05, 0) is 11.1 Å². The van der Waals surface area contributed by atoms with Crippen molar-refractivity contribution >= 4 is 11.5 Å². The third-order valence-electron chi connectivity index (χ3n) is 3.10. The van der Waals surface area contributed by atoms with Crippen LogP contribution in [-0.4, -0.2) is 16.7 Å². The maximum atomic E-state index is 11.8. The number of hydrogen-bond donors (Lipinski definition) is 1. The summed E-state index contributed by atoms with van der Waals surface area (Å²) in [5.41, 5.74) is 2.39. The van der Waals surface area contributed by atoms with Gasteiger partial charge in [0, 0.05) is 0 Å². The van der Waals surface area contributed by atoms with Crippen molar-refractivity contribution in [2.45, 2.75) is 11.8 Å². The topological polar surface area (TPSA) is 49.7 Å². The highest BCUT2D eigenvalue weighted by Crippen LogP contribution is 2.41. The molecule has 0 amide bonds. The van der Waals surface area contributed by atoms with Crippen LogP contribution in [0.15, 0.2) is 41.6 Å². The van der Waals surface area contributed by atoms with Crippen LogP contribution < -0.4 is 0 Å². The molecule has 15 heavy (non-hydrogen) atoms. The van der Waals surface area contributed by atoms with Gasteiger partial charge in [0.1, 0.15) is 5.71 Å². The van der Waals surface area contributed by atoms with E-state index < -0.39 is 0 Å². The summed E-state index contributed by atoms with van der Waals surface area (Å²) in [7, 11) is 0. The van der Waals surface area contributed by atoms with Gasteiger partial charge in [0.25, 0.3) is 0 Å². The molecule has 74 valence electrons. The van der Waals surface area contributed by atoms with E-state index in [1.807, 2.05) is 36.4 Å². The normalized spacial score (nSPS) is 29.6. The van der Waals surface area contributed by atoms with Crippen molar-refractivity contribution in [1.82, 2.24) is 0 Å². The molecule has 3 nitrogen and oxygen atoms in total. The number of allylic oxidation sites excluding steroid dienone is 2. The lowest BCUT2D eigenvalue weighted by Gasteiger charge is -2.32. The molecule has 3 aliphatic carbocycles. The van der Waals surface area contributed by atoms with E-state index in [0.29, 0.717) is 0 Å². The summed E-state index contributed by atoms with van der Waals surface area (Å²) >= 11 is 0. The van der Waals surface area contributed by atoms with Gasteiger partial charge in [-0.25, -0.2) is 0 Å². The fourth-order valence-corrected chi connectivity index (χ4v) is 2.40. The first kappa shape index (κ1) is 8.41. The van der Waals surface area contributed by atoms with Crippen LogP contribution in [0.1, 0.15) is 23.0 Å². The zero-order valence-electron chi connectivity index (χ0n) is 7.92. The molecular weight excluding hydrogens is 190 g/mol. The molecule has 4 rings (SSSR count). The van der Waals surface area contributed by atoms with E-state index in [9.17, 15) is 4.79 Å². The first-order valence-corrected chi connectivity index (χ1v) is 4.86. The third-order valence-corrected chi connectivity index (χ3v) is 3.10. The third kappa shape index (κ3) is 0.947. The standard InChI is InChI=1S/C12H9NO2/c14-12-10-6-5-9(11(12)13-15)7-3-1-2-4-8(7)10/h1-6,9-10,15H/b13-11-. The van der Waals surface area contributed by atoms with E-state index >= 15 is 0 Å². The van der Waals surface area contributed by atoms with Gasteiger partial charge in [-0.3, -0.25) is 4.79 Å². The van der Waals surface area contributed by atoms with Gasteiger partial charge in [-0.15, -0.1) is 0 Å². The zero-order valence-corrected chi connectivity index (χ0v) is 7.92. The van der Waals surface area contributed by atoms with Gasteiger partial charge in [-0.2, -0.15) is 0 Å². The van der Waals surface area contributed by atoms with Crippen molar-refractivity contribution in [2.75, 3.05) is 0 Å². The van der Waals surface area contributed by atoms with Crippen molar-refractivity contribution in [3.8, 4) is 0 Å². The number of nitrogens with zero attached hydrogens (tertiary/aromatic N) is 1. The van der Waals surface area contributed by atoms with Gasteiger partial charge in [-0.1, -0.05) is 41.6 Å². The Balaban J connectivity index is 2.29. The highest BCUT2D eigenvalue weighted by Gasteiger charge is 2.40. The Morgan fingerprint density at radius 3 is 2.33 bits per heavy atom. The molecule has 1 N–H and O–H groups in total. The molecule has 0 spiro atoms. The number of fused-ring (bicyclic) bond motifs is 1. The number of Topliss-reactive ketones (excluding diaryl/α,β-unsaturated/α-hetero) is 1. The summed E-state index contributed by atoms with van der Waals surface area (Å²) in [6, 6.07) is 7.81. The van der Waals surface area contributed by atoms with Crippen LogP contribution in [0.3, 0.4) is 0 Å². The summed E-state index contributed by atoms with van der Waals surface area (Å²) in [4.78, 5) is 11.8. The lowest BCUT2D eigenvalue weighted by Crippen LogP contribution is -2.35. The van der Waals surface area contributed by atoms with Crippen molar-refractivity contribution in [3.63, 3.8) is 0 Å². The number of ketones is 1. The maximum absolute atomic E-state index is 11.8. The molecule has 0 aliphatic heterocycles. The summed E-state index contributed by atoms with van der Waals surface area (Å²) in [6.07, 6.45) is 3.83. The van der Waals surface area contributed by atoms with Gasteiger partial charge in [0.05, 0.1) is 11.8 Å². The quantitative estimate of drug-likeness (QED) is 0.393. The van der Waals surface area contributed by atoms with Gasteiger partial charge >= 0.3 is 0 Å². The molecule has 0 fully saturated rings. The van der Waals surface area contributed by atoms with Crippen LogP contribution >= 0.6 is 0 Å². The van der Waals surface area contributed by atoms with E-state index in [2.05, 4.69) is 5.16 Å². The van der Waals surface area contributed by atoms with Crippen LogP contribution in [0.25, 0.3) is 0 Å². The number of oxime groups is 1. The SMILES string of the molecule is O=C1/C(=N\O)C2C=CC1c1ccccc12. The molecule has 3 heteroatoms. The lowest BCUT2D eigenvalue weighted by atomic mass is 9.70. The number of carbonyl (C=O) groups is 1. The zero-order chi connectivity index (χ0) is 10.4. The first-order valence-electron chi connectivity index (χ1n) is 4.86. The summed E-state index contributed by atoms with van der Waals surface area (Å²) in [6.45, 7) is 0. The number of carbonyl (C=O) groups excluding carboxylic acids is 1. The molecule has 2 unspecified atom stereocenters. The van der Waals surface area contributed by atoms with Crippen molar-refractivity contribution in [2.24, 2.45) is 5.16 Å². The summed E-state index contributed by atoms with van der Waals surface area (Å²) in [5, 5.41) is 12.0. The van der Waals surface area contributed by atoms with Crippen molar-refractivity contribution in [1.29, 1.82) is 0 Å².